The van der Waals surface area contributed by atoms with Gasteiger partial charge >= 0.3 is 0 Å². The van der Waals surface area contributed by atoms with Crippen LogP contribution < -0.4 is 5.32 Å². The lowest BCUT2D eigenvalue weighted by Gasteiger charge is -2.15. The first kappa shape index (κ1) is 10.8. The van der Waals surface area contributed by atoms with Gasteiger partial charge in [-0.3, -0.25) is 9.67 Å². The molecule has 2 aromatic rings. The Hall–Kier alpha value is -1.75. The normalized spacial score (nSPS) is 12.6. The maximum absolute atomic E-state index is 4.01. The number of aromatic nitrogens is 4. The molecule has 2 rings (SSSR count). The monoisotopic (exact) mass is 217 g/mol. The highest BCUT2D eigenvalue weighted by Crippen LogP contribution is 2.15. The number of hydrogen-bond acceptors (Lipinski definition) is 4. The van der Waals surface area contributed by atoms with Gasteiger partial charge in [-0.25, -0.2) is 0 Å². The van der Waals surface area contributed by atoms with Crippen LogP contribution in [0.1, 0.15) is 17.3 Å². The predicted molar refractivity (Wildman–Crippen MR) is 60.7 cm³/mol. The fourth-order valence-corrected chi connectivity index (χ4v) is 1.72. The van der Waals surface area contributed by atoms with Crippen molar-refractivity contribution in [2.75, 3.05) is 7.05 Å². The molecular weight excluding hydrogens is 202 g/mol. The van der Waals surface area contributed by atoms with E-state index in [2.05, 4.69) is 20.6 Å². The van der Waals surface area contributed by atoms with E-state index < -0.39 is 0 Å². The Bertz CT molecular complexity index is 437. The molecule has 0 aliphatic rings. The highest BCUT2D eigenvalue weighted by Gasteiger charge is 2.13. The Balaban J connectivity index is 2.16. The highest BCUT2D eigenvalue weighted by atomic mass is 15.4. The first-order valence-corrected chi connectivity index (χ1v) is 5.22. The fraction of sp³-hybridized carbons (Fsp3) is 0.364. The molecule has 1 atom stereocenters. The van der Waals surface area contributed by atoms with E-state index in [0.29, 0.717) is 0 Å². The van der Waals surface area contributed by atoms with Crippen LogP contribution in [0, 0.1) is 0 Å². The largest absolute Gasteiger partial charge is 0.311 e. The van der Waals surface area contributed by atoms with Crippen LogP contribution in [0.4, 0.5) is 0 Å². The molecule has 0 bridgehead atoms. The molecule has 0 radical (unpaired) electrons. The predicted octanol–water partition coefficient (Wildman–Crippen LogP) is 0.713. The zero-order chi connectivity index (χ0) is 11.4. The van der Waals surface area contributed by atoms with Crippen LogP contribution in [0.5, 0.6) is 0 Å². The number of likely N-dealkylation sites (N-methyl/N-ethyl adjacent to an activating group) is 1. The molecule has 0 aliphatic heterocycles. The average Bonchev–Trinajstić information content (AvgIpc) is 2.74. The zero-order valence-corrected chi connectivity index (χ0v) is 9.46. The number of rotatable bonds is 4. The molecule has 0 saturated carbocycles. The summed E-state index contributed by atoms with van der Waals surface area (Å²) in [5, 5.41) is 11.1. The summed E-state index contributed by atoms with van der Waals surface area (Å²) in [6, 6.07) is 4.27. The van der Waals surface area contributed by atoms with Gasteiger partial charge in [-0.15, -0.1) is 5.10 Å². The van der Waals surface area contributed by atoms with E-state index in [9.17, 15) is 0 Å². The van der Waals surface area contributed by atoms with Crippen LogP contribution in [0.2, 0.25) is 0 Å². The van der Waals surface area contributed by atoms with E-state index >= 15 is 0 Å². The summed E-state index contributed by atoms with van der Waals surface area (Å²) >= 11 is 0. The summed E-state index contributed by atoms with van der Waals surface area (Å²) in [4.78, 5) is 4.01. The number of nitrogens with one attached hydrogen (secondary N) is 1. The highest BCUT2D eigenvalue weighted by molar-refractivity contribution is 5.15. The topological polar surface area (TPSA) is 55.6 Å². The van der Waals surface area contributed by atoms with Crippen LogP contribution in [0.3, 0.4) is 0 Å². The molecule has 5 heteroatoms. The number of aryl methyl sites for hydroxylation is 1. The van der Waals surface area contributed by atoms with Crippen molar-refractivity contribution < 1.29 is 0 Å². The minimum absolute atomic E-state index is 0.224. The first-order valence-electron chi connectivity index (χ1n) is 5.22. The second-order valence-corrected chi connectivity index (χ2v) is 3.68. The van der Waals surface area contributed by atoms with Crippen molar-refractivity contribution in [1.29, 1.82) is 0 Å². The summed E-state index contributed by atoms with van der Waals surface area (Å²) in [5.41, 5.74) is 2.33. The summed E-state index contributed by atoms with van der Waals surface area (Å²) in [6.45, 7) is 0. The van der Waals surface area contributed by atoms with Gasteiger partial charge in [-0.1, -0.05) is 5.21 Å². The zero-order valence-electron chi connectivity index (χ0n) is 9.46. The molecule has 2 heterocycles. The molecule has 0 aromatic carbocycles. The van der Waals surface area contributed by atoms with Crippen molar-refractivity contribution in [3.05, 3.63) is 42.0 Å². The van der Waals surface area contributed by atoms with Crippen LogP contribution >= 0.6 is 0 Å². The van der Waals surface area contributed by atoms with Crippen LogP contribution in [0.25, 0.3) is 0 Å². The van der Waals surface area contributed by atoms with E-state index in [-0.39, 0.29) is 6.04 Å². The lowest BCUT2D eigenvalue weighted by Crippen LogP contribution is -2.21. The number of pyridine rings is 1. The molecule has 0 aliphatic carbocycles. The second-order valence-electron chi connectivity index (χ2n) is 3.68. The smallest absolute Gasteiger partial charge is 0.0756 e. The fourth-order valence-electron chi connectivity index (χ4n) is 1.72. The van der Waals surface area contributed by atoms with Crippen LogP contribution in [-0.4, -0.2) is 27.0 Å². The van der Waals surface area contributed by atoms with Crippen molar-refractivity contribution in [2.24, 2.45) is 7.05 Å². The molecule has 16 heavy (non-hydrogen) atoms. The maximum atomic E-state index is 4.01. The Morgan fingerprint density at radius 1 is 1.38 bits per heavy atom. The molecule has 0 saturated heterocycles. The van der Waals surface area contributed by atoms with Crippen molar-refractivity contribution in [3.63, 3.8) is 0 Å². The molecule has 0 spiro atoms. The van der Waals surface area contributed by atoms with Gasteiger partial charge in [-0.05, 0) is 31.2 Å². The number of nitrogens with zero attached hydrogens (tertiary/aromatic N) is 4. The van der Waals surface area contributed by atoms with Crippen LogP contribution in [0.15, 0.2) is 30.7 Å². The summed E-state index contributed by atoms with van der Waals surface area (Å²) in [6.07, 6.45) is 6.32. The molecular formula is C11H15N5. The number of hydrogen-bond donors (Lipinski definition) is 1. The van der Waals surface area contributed by atoms with Gasteiger partial charge in [0.25, 0.3) is 0 Å². The first-order chi connectivity index (χ1) is 7.81. The Labute approximate surface area is 94.5 Å². The molecule has 0 fully saturated rings. The van der Waals surface area contributed by atoms with E-state index in [4.69, 9.17) is 0 Å². The Kier molecular flexibility index (Phi) is 3.26. The minimum atomic E-state index is 0.224. The standard InChI is InChI=1S/C11H15N5/c1-12-10(11-8-14-15-16(11)2)7-9-3-5-13-6-4-9/h3-6,8,10,12H,7H2,1-2H3. The van der Waals surface area contributed by atoms with E-state index in [0.717, 1.165) is 12.1 Å². The summed E-state index contributed by atoms with van der Waals surface area (Å²) in [7, 11) is 3.85. The van der Waals surface area contributed by atoms with Gasteiger partial charge in [0.1, 0.15) is 0 Å². The quantitative estimate of drug-likeness (QED) is 0.819. The van der Waals surface area contributed by atoms with E-state index in [1.165, 1.54) is 5.56 Å². The average molecular weight is 217 g/mol. The van der Waals surface area contributed by atoms with E-state index in [1.807, 2.05) is 38.6 Å². The summed E-state index contributed by atoms with van der Waals surface area (Å²) < 4.78 is 1.79. The third kappa shape index (κ3) is 2.25. The third-order valence-corrected chi connectivity index (χ3v) is 2.64. The van der Waals surface area contributed by atoms with Crippen molar-refractivity contribution in [1.82, 2.24) is 25.3 Å². The Morgan fingerprint density at radius 3 is 2.69 bits per heavy atom. The van der Waals surface area contributed by atoms with Gasteiger partial charge in [0.05, 0.1) is 17.9 Å². The van der Waals surface area contributed by atoms with Crippen molar-refractivity contribution >= 4 is 0 Å². The lowest BCUT2D eigenvalue weighted by molar-refractivity contribution is 0.534. The van der Waals surface area contributed by atoms with Gasteiger partial charge in [0.15, 0.2) is 0 Å². The molecule has 0 amide bonds. The van der Waals surface area contributed by atoms with Gasteiger partial charge in [-0.2, -0.15) is 0 Å². The van der Waals surface area contributed by atoms with Crippen molar-refractivity contribution in [2.45, 2.75) is 12.5 Å². The SMILES string of the molecule is CNC(Cc1ccncc1)c1cnnn1C. The van der Waals surface area contributed by atoms with Gasteiger partial charge in [0, 0.05) is 19.4 Å². The van der Waals surface area contributed by atoms with Crippen LogP contribution in [-0.2, 0) is 13.5 Å². The van der Waals surface area contributed by atoms with Gasteiger partial charge < -0.3 is 5.32 Å². The molecule has 84 valence electrons. The maximum Gasteiger partial charge on any atom is 0.0756 e. The Morgan fingerprint density at radius 2 is 2.12 bits per heavy atom. The third-order valence-electron chi connectivity index (χ3n) is 2.64. The minimum Gasteiger partial charge on any atom is -0.311 e. The van der Waals surface area contributed by atoms with E-state index in [1.54, 1.807) is 10.9 Å². The second kappa shape index (κ2) is 4.85. The molecule has 1 unspecified atom stereocenters. The molecule has 1 N–H and O–H groups in total. The molecule has 5 nitrogen and oxygen atoms in total. The molecule has 2 aromatic heterocycles. The van der Waals surface area contributed by atoms with Crippen molar-refractivity contribution in [3.8, 4) is 0 Å². The lowest BCUT2D eigenvalue weighted by atomic mass is 10.1. The van der Waals surface area contributed by atoms with Gasteiger partial charge in [0.2, 0.25) is 0 Å². The summed E-state index contributed by atoms with van der Waals surface area (Å²) in [5.74, 6) is 0.